The number of nitrogens with zero attached hydrogens (tertiary/aromatic N) is 1. The van der Waals surface area contributed by atoms with Gasteiger partial charge < -0.3 is 15.3 Å². The first-order chi connectivity index (χ1) is 8.55. The third-order valence-electron chi connectivity index (χ3n) is 4.33. The van der Waals surface area contributed by atoms with E-state index < -0.39 is 16.9 Å². The molecule has 1 heterocycles. The fraction of sp³-hybridized carbons (Fsp3) is 0.923. The smallest absolute Gasteiger partial charge is 0.317 e. The minimum atomic E-state index is -2.58. The van der Waals surface area contributed by atoms with Gasteiger partial charge in [0.05, 0.1) is 13.1 Å². The van der Waals surface area contributed by atoms with Crippen LogP contribution in [-0.4, -0.2) is 47.2 Å². The van der Waals surface area contributed by atoms with Crippen LogP contribution >= 0.6 is 0 Å². The molecule has 4 nitrogen and oxygen atoms in total. The normalized spacial score (nSPS) is 26.6. The third kappa shape index (κ3) is 2.83. The molecule has 0 bridgehead atoms. The first-order valence-electron chi connectivity index (χ1n) is 6.68. The number of rotatable bonds is 3. The number of hydrogen-bond acceptors (Lipinski definition) is 2. The van der Waals surface area contributed by atoms with Crippen molar-refractivity contribution in [3.05, 3.63) is 0 Å². The summed E-state index contributed by atoms with van der Waals surface area (Å²) >= 11 is 0. The molecule has 0 aromatic rings. The number of alkyl halides is 2. The summed E-state index contributed by atoms with van der Waals surface area (Å²) in [5.74, 6) is -2.48. The van der Waals surface area contributed by atoms with Gasteiger partial charge in [-0.05, 0) is 11.3 Å². The Labute approximate surface area is 112 Å². The van der Waals surface area contributed by atoms with Crippen LogP contribution in [0.15, 0.2) is 0 Å². The van der Waals surface area contributed by atoms with Gasteiger partial charge in [-0.15, -0.1) is 0 Å². The first kappa shape index (κ1) is 14.5. The van der Waals surface area contributed by atoms with Gasteiger partial charge in [0.15, 0.2) is 0 Å². The molecule has 2 N–H and O–H groups in total. The number of amides is 2. The molecule has 1 aliphatic carbocycles. The van der Waals surface area contributed by atoms with E-state index in [1.54, 1.807) is 6.92 Å². The van der Waals surface area contributed by atoms with Gasteiger partial charge in [0.2, 0.25) is 5.92 Å². The summed E-state index contributed by atoms with van der Waals surface area (Å²) in [7, 11) is 0. The van der Waals surface area contributed by atoms with Crippen molar-refractivity contribution in [1.29, 1.82) is 0 Å². The molecular formula is C13H22F2N2O2. The number of urea groups is 1. The van der Waals surface area contributed by atoms with Crippen molar-refractivity contribution >= 4 is 6.03 Å². The van der Waals surface area contributed by atoms with Crippen LogP contribution in [0, 0.1) is 11.3 Å². The second-order valence-corrected chi connectivity index (χ2v) is 6.79. The summed E-state index contributed by atoms with van der Waals surface area (Å²) in [5.41, 5.74) is -1.30. The Morgan fingerprint density at radius 2 is 1.89 bits per heavy atom. The van der Waals surface area contributed by atoms with E-state index in [1.807, 2.05) is 13.8 Å². The van der Waals surface area contributed by atoms with Crippen molar-refractivity contribution < 1.29 is 18.7 Å². The first-order valence-corrected chi connectivity index (χ1v) is 6.68. The highest BCUT2D eigenvalue weighted by molar-refractivity contribution is 5.75. The maximum absolute atomic E-state index is 12.8. The van der Waals surface area contributed by atoms with Gasteiger partial charge in [-0.3, -0.25) is 0 Å². The predicted molar refractivity (Wildman–Crippen MR) is 67.0 cm³/mol. The van der Waals surface area contributed by atoms with Crippen LogP contribution < -0.4 is 5.32 Å². The lowest BCUT2D eigenvalue weighted by Gasteiger charge is -2.49. The average Bonchev–Trinajstić information content (AvgIpc) is 2.18. The lowest BCUT2D eigenvalue weighted by atomic mass is 9.67. The molecule has 2 amide bonds. The van der Waals surface area contributed by atoms with Crippen molar-refractivity contribution in [2.75, 3.05) is 19.6 Å². The Balaban J connectivity index is 1.73. The number of nitrogens with one attached hydrogen (secondary N) is 1. The monoisotopic (exact) mass is 276 g/mol. The molecule has 0 radical (unpaired) electrons. The number of β-amino-alcohol motifs (C(OH)–C–C–N with tert-alkyl or cyclic N) is 1. The predicted octanol–water partition coefficient (Wildman–Crippen LogP) is 1.83. The number of carbonyl (C=O) groups excluding carboxylic acids is 1. The molecule has 0 aromatic heterocycles. The van der Waals surface area contributed by atoms with Crippen LogP contribution in [0.4, 0.5) is 13.6 Å². The molecule has 0 unspecified atom stereocenters. The molecule has 1 aliphatic heterocycles. The lowest BCUT2D eigenvalue weighted by Crippen LogP contribution is -2.68. The molecule has 1 saturated carbocycles. The van der Waals surface area contributed by atoms with E-state index in [9.17, 15) is 18.7 Å². The standard InChI is InChI=1S/C13H22F2N2O2/c1-9(2)12(19)7-17(8-12)10(18)16-6-11(3)4-13(14,15)5-11/h9,19H,4-8H2,1-3H3,(H,16,18). The maximum Gasteiger partial charge on any atom is 0.317 e. The molecule has 0 atom stereocenters. The molecule has 2 fully saturated rings. The summed E-state index contributed by atoms with van der Waals surface area (Å²) in [5, 5.41) is 12.7. The van der Waals surface area contributed by atoms with Crippen LogP contribution in [0.1, 0.15) is 33.6 Å². The molecule has 2 aliphatic rings. The van der Waals surface area contributed by atoms with Crippen LogP contribution in [-0.2, 0) is 0 Å². The number of aliphatic hydroxyl groups is 1. The van der Waals surface area contributed by atoms with Crippen LogP contribution in [0.25, 0.3) is 0 Å². The highest BCUT2D eigenvalue weighted by atomic mass is 19.3. The number of halogens is 2. The van der Waals surface area contributed by atoms with Crippen LogP contribution in [0.3, 0.4) is 0 Å². The molecule has 2 rings (SSSR count). The van der Waals surface area contributed by atoms with E-state index in [4.69, 9.17) is 0 Å². The van der Waals surface area contributed by atoms with Crippen LogP contribution in [0.2, 0.25) is 0 Å². The average molecular weight is 276 g/mol. The Hall–Kier alpha value is -0.910. The number of carbonyl (C=O) groups is 1. The number of likely N-dealkylation sites (tertiary alicyclic amines) is 1. The highest BCUT2D eigenvalue weighted by Crippen LogP contribution is 2.51. The molecule has 1 saturated heterocycles. The fourth-order valence-electron chi connectivity index (χ4n) is 2.85. The Morgan fingerprint density at radius 3 is 2.32 bits per heavy atom. The zero-order chi connectivity index (χ0) is 14.5. The minimum absolute atomic E-state index is 0.0967. The summed E-state index contributed by atoms with van der Waals surface area (Å²) in [6.45, 7) is 6.45. The van der Waals surface area contributed by atoms with Crippen molar-refractivity contribution in [3.8, 4) is 0 Å². The Morgan fingerprint density at radius 1 is 1.37 bits per heavy atom. The van der Waals surface area contributed by atoms with E-state index in [0.29, 0.717) is 13.1 Å². The van der Waals surface area contributed by atoms with Gasteiger partial charge in [-0.1, -0.05) is 20.8 Å². The summed E-state index contributed by atoms with van der Waals surface area (Å²) in [6, 6.07) is -0.276. The summed E-state index contributed by atoms with van der Waals surface area (Å²) in [4.78, 5) is 13.3. The van der Waals surface area contributed by atoms with Gasteiger partial charge >= 0.3 is 6.03 Å². The van der Waals surface area contributed by atoms with E-state index in [0.717, 1.165) is 0 Å². The zero-order valence-corrected chi connectivity index (χ0v) is 11.7. The second kappa shape index (κ2) is 4.30. The molecule has 6 heteroatoms. The molecular weight excluding hydrogens is 254 g/mol. The summed E-state index contributed by atoms with van der Waals surface area (Å²) in [6.07, 6.45) is -0.341. The van der Waals surface area contributed by atoms with E-state index in [1.165, 1.54) is 4.90 Å². The number of hydrogen-bond donors (Lipinski definition) is 2. The van der Waals surface area contributed by atoms with Crippen molar-refractivity contribution in [3.63, 3.8) is 0 Å². The molecule has 19 heavy (non-hydrogen) atoms. The van der Waals surface area contributed by atoms with Crippen LogP contribution in [0.5, 0.6) is 0 Å². The van der Waals surface area contributed by atoms with E-state index in [2.05, 4.69) is 5.32 Å². The topological polar surface area (TPSA) is 52.6 Å². The van der Waals surface area contributed by atoms with Gasteiger partial charge in [-0.2, -0.15) is 0 Å². The summed E-state index contributed by atoms with van der Waals surface area (Å²) < 4.78 is 25.7. The lowest BCUT2D eigenvalue weighted by molar-refractivity contribution is -0.152. The third-order valence-corrected chi connectivity index (χ3v) is 4.33. The van der Waals surface area contributed by atoms with E-state index >= 15 is 0 Å². The highest BCUT2D eigenvalue weighted by Gasteiger charge is 2.54. The van der Waals surface area contributed by atoms with Crippen molar-refractivity contribution in [1.82, 2.24) is 10.2 Å². The molecule has 0 spiro atoms. The van der Waals surface area contributed by atoms with Gasteiger partial charge in [-0.25, -0.2) is 13.6 Å². The molecule has 0 aromatic carbocycles. The van der Waals surface area contributed by atoms with Gasteiger partial charge in [0.1, 0.15) is 5.60 Å². The van der Waals surface area contributed by atoms with Gasteiger partial charge in [0.25, 0.3) is 0 Å². The van der Waals surface area contributed by atoms with E-state index in [-0.39, 0.29) is 31.3 Å². The Bertz CT molecular complexity index is 371. The Kier molecular flexibility index (Phi) is 3.28. The minimum Gasteiger partial charge on any atom is -0.386 e. The SMILES string of the molecule is CC(C)C1(O)CN(C(=O)NCC2(C)CC(F)(F)C2)C1. The zero-order valence-electron chi connectivity index (χ0n) is 11.7. The van der Waals surface area contributed by atoms with Crippen molar-refractivity contribution in [2.45, 2.75) is 45.1 Å². The largest absolute Gasteiger partial charge is 0.386 e. The molecule has 110 valence electrons. The quantitative estimate of drug-likeness (QED) is 0.826. The van der Waals surface area contributed by atoms with Crippen molar-refractivity contribution in [2.24, 2.45) is 11.3 Å². The second-order valence-electron chi connectivity index (χ2n) is 6.79. The fourth-order valence-corrected chi connectivity index (χ4v) is 2.85. The van der Waals surface area contributed by atoms with Gasteiger partial charge in [0, 0.05) is 19.4 Å². The maximum atomic E-state index is 12.8.